The SMILES string of the molecule is CC(C)C1(C(C)C)C=CCC(C(C)C)(C(C)C)C1NS(=O)(=O)N(C(=O)O)c1ccccc1. The average Bonchev–Trinajstić information content (AvgIpc) is 2.67. The maximum atomic E-state index is 13.7. The van der Waals surface area contributed by atoms with Crippen molar-refractivity contribution >= 4 is 22.0 Å². The van der Waals surface area contributed by atoms with Crippen LogP contribution in [0.3, 0.4) is 0 Å². The molecule has 1 aromatic carbocycles. The van der Waals surface area contributed by atoms with Crippen molar-refractivity contribution in [2.45, 2.75) is 67.9 Å². The minimum atomic E-state index is -4.40. The van der Waals surface area contributed by atoms with Crippen LogP contribution >= 0.6 is 0 Å². The summed E-state index contributed by atoms with van der Waals surface area (Å²) in [5.41, 5.74) is -0.754. The second-order valence-corrected chi connectivity index (χ2v) is 11.8. The van der Waals surface area contributed by atoms with Gasteiger partial charge in [0, 0.05) is 11.5 Å². The maximum absolute atomic E-state index is 13.7. The summed E-state index contributed by atoms with van der Waals surface area (Å²) in [6.45, 7) is 17.0. The number of para-hydroxylation sites is 1. The molecule has 0 spiro atoms. The maximum Gasteiger partial charge on any atom is 0.426 e. The minimum Gasteiger partial charge on any atom is -0.464 e. The topological polar surface area (TPSA) is 86.7 Å². The van der Waals surface area contributed by atoms with Gasteiger partial charge in [-0.3, -0.25) is 0 Å². The molecule has 0 heterocycles. The largest absolute Gasteiger partial charge is 0.464 e. The van der Waals surface area contributed by atoms with Gasteiger partial charge in [-0.2, -0.15) is 17.4 Å². The smallest absolute Gasteiger partial charge is 0.426 e. The highest BCUT2D eigenvalue weighted by Gasteiger charge is 2.58. The Morgan fingerprint density at radius 3 is 1.88 bits per heavy atom. The van der Waals surface area contributed by atoms with Crippen molar-refractivity contribution in [2.24, 2.45) is 34.5 Å². The third kappa shape index (κ3) is 4.34. The molecule has 1 amide bonds. The predicted octanol–water partition coefficient (Wildman–Crippen LogP) is 5.93. The van der Waals surface area contributed by atoms with Gasteiger partial charge >= 0.3 is 16.3 Å². The number of anilines is 1. The first-order valence-electron chi connectivity index (χ1n) is 11.5. The highest BCUT2D eigenvalue weighted by molar-refractivity contribution is 7.91. The zero-order valence-electron chi connectivity index (χ0n) is 20.7. The van der Waals surface area contributed by atoms with E-state index in [1.54, 1.807) is 18.2 Å². The van der Waals surface area contributed by atoms with Gasteiger partial charge in [0.25, 0.3) is 0 Å². The zero-order valence-corrected chi connectivity index (χ0v) is 21.5. The van der Waals surface area contributed by atoms with Gasteiger partial charge in [0.2, 0.25) is 0 Å². The molecule has 0 saturated heterocycles. The summed E-state index contributed by atoms with van der Waals surface area (Å²) in [5.74, 6) is 0.622. The number of allylic oxidation sites excluding steroid dienone is 1. The first-order valence-corrected chi connectivity index (χ1v) is 13.0. The first kappa shape index (κ1) is 26.4. The number of amides is 1. The fraction of sp³-hybridized carbons (Fsp3) is 0.640. The van der Waals surface area contributed by atoms with Crippen LogP contribution in [0.15, 0.2) is 42.5 Å². The van der Waals surface area contributed by atoms with Crippen molar-refractivity contribution in [3.05, 3.63) is 42.5 Å². The Kier molecular flexibility index (Phi) is 7.88. The summed E-state index contributed by atoms with van der Waals surface area (Å²) >= 11 is 0. The lowest BCUT2D eigenvalue weighted by atomic mass is 9.48. The Labute approximate surface area is 194 Å². The number of carbonyl (C=O) groups is 1. The molecule has 0 saturated carbocycles. The van der Waals surface area contributed by atoms with Crippen molar-refractivity contribution in [3.8, 4) is 0 Å². The molecule has 1 aliphatic rings. The Balaban J connectivity index is 2.76. The third-order valence-corrected chi connectivity index (χ3v) is 9.12. The van der Waals surface area contributed by atoms with Crippen LogP contribution in [-0.4, -0.2) is 25.7 Å². The molecule has 0 aliphatic heterocycles. The van der Waals surface area contributed by atoms with Crippen LogP contribution in [0.25, 0.3) is 0 Å². The molecule has 1 atom stereocenters. The van der Waals surface area contributed by atoms with Crippen LogP contribution in [0.2, 0.25) is 0 Å². The van der Waals surface area contributed by atoms with Gasteiger partial charge in [0.1, 0.15) is 0 Å². The molecule has 0 aromatic heterocycles. The molecular weight excluding hydrogens is 424 g/mol. The monoisotopic (exact) mass is 464 g/mol. The summed E-state index contributed by atoms with van der Waals surface area (Å²) in [6.07, 6.45) is 3.58. The third-order valence-electron chi connectivity index (χ3n) is 7.74. The van der Waals surface area contributed by atoms with Gasteiger partial charge in [0.05, 0.1) is 5.69 Å². The molecule has 0 fully saturated rings. The quantitative estimate of drug-likeness (QED) is 0.467. The molecule has 2 N–H and O–H groups in total. The number of nitrogens with zero attached hydrogens (tertiary/aromatic N) is 1. The summed E-state index contributed by atoms with van der Waals surface area (Å²) in [4.78, 5) is 12.1. The number of benzene rings is 1. The second kappa shape index (κ2) is 9.56. The van der Waals surface area contributed by atoms with E-state index in [2.05, 4.69) is 72.3 Å². The van der Waals surface area contributed by atoms with Gasteiger partial charge < -0.3 is 5.11 Å². The van der Waals surface area contributed by atoms with Crippen molar-refractivity contribution < 1.29 is 18.3 Å². The first-order chi connectivity index (χ1) is 14.7. The van der Waals surface area contributed by atoms with E-state index in [9.17, 15) is 18.3 Å². The van der Waals surface area contributed by atoms with E-state index in [0.717, 1.165) is 6.42 Å². The number of nitrogens with one attached hydrogen (secondary N) is 1. The molecule has 0 bridgehead atoms. The van der Waals surface area contributed by atoms with E-state index >= 15 is 0 Å². The van der Waals surface area contributed by atoms with Gasteiger partial charge in [-0.1, -0.05) is 85.7 Å². The molecule has 1 unspecified atom stereocenters. The van der Waals surface area contributed by atoms with E-state index < -0.39 is 27.8 Å². The molecule has 6 nitrogen and oxygen atoms in total. The van der Waals surface area contributed by atoms with Gasteiger partial charge in [-0.05, 0) is 47.6 Å². The standard InChI is InChI=1S/C25H40N2O4S/c1-17(2)24(18(3)4)15-12-16-25(19(5)6,20(7)8)22(24)26-32(30,31)27(23(28)29)21-13-10-9-11-14-21/h9-15,17-20,22,26H,16H2,1-8H3,(H,28,29). The highest BCUT2D eigenvalue weighted by atomic mass is 32.2. The van der Waals surface area contributed by atoms with Gasteiger partial charge in [-0.25, -0.2) is 4.79 Å². The van der Waals surface area contributed by atoms with Crippen LogP contribution in [0, 0.1) is 34.5 Å². The Hall–Kier alpha value is -1.86. The van der Waals surface area contributed by atoms with E-state index in [4.69, 9.17) is 0 Å². The molecular formula is C25H40N2O4S. The number of carboxylic acid groups (broad SMARTS) is 1. The molecule has 32 heavy (non-hydrogen) atoms. The Morgan fingerprint density at radius 1 is 0.969 bits per heavy atom. The van der Waals surface area contributed by atoms with E-state index in [0.29, 0.717) is 4.31 Å². The van der Waals surface area contributed by atoms with E-state index in [1.165, 1.54) is 12.1 Å². The zero-order chi connectivity index (χ0) is 24.5. The van der Waals surface area contributed by atoms with Crippen molar-refractivity contribution in [3.63, 3.8) is 0 Å². The van der Waals surface area contributed by atoms with Crippen molar-refractivity contribution in [1.29, 1.82) is 0 Å². The molecule has 180 valence electrons. The number of hydrogen-bond acceptors (Lipinski definition) is 3. The van der Waals surface area contributed by atoms with Gasteiger partial charge in [-0.15, -0.1) is 0 Å². The van der Waals surface area contributed by atoms with Gasteiger partial charge in [0.15, 0.2) is 0 Å². The van der Waals surface area contributed by atoms with Crippen LogP contribution < -0.4 is 9.03 Å². The van der Waals surface area contributed by atoms with Crippen LogP contribution in [0.4, 0.5) is 10.5 Å². The lowest BCUT2D eigenvalue weighted by Gasteiger charge is -2.59. The number of hydrogen-bond donors (Lipinski definition) is 2. The summed E-state index contributed by atoms with van der Waals surface area (Å²) < 4.78 is 30.8. The van der Waals surface area contributed by atoms with E-state index in [1.807, 2.05) is 0 Å². The highest BCUT2D eigenvalue weighted by Crippen LogP contribution is 2.57. The molecule has 7 heteroatoms. The minimum absolute atomic E-state index is 0.0956. The lowest BCUT2D eigenvalue weighted by molar-refractivity contribution is -0.0351. The fourth-order valence-electron chi connectivity index (χ4n) is 6.00. The number of rotatable bonds is 8. The Bertz CT molecular complexity index is 905. The molecule has 1 aromatic rings. The Morgan fingerprint density at radius 2 is 1.47 bits per heavy atom. The predicted molar refractivity (Wildman–Crippen MR) is 131 cm³/mol. The summed E-state index contributed by atoms with van der Waals surface area (Å²) in [7, 11) is -4.40. The summed E-state index contributed by atoms with van der Waals surface area (Å²) in [6, 6.07) is 7.48. The van der Waals surface area contributed by atoms with Crippen molar-refractivity contribution in [1.82, 2.24) is 4.72 Å². The van der Waals surface area contributed by atoms with Crippen LogP contribution in [0.1, 0.15) is 61.8 Å². The summed E-state index contributed by atoms with van der Waals surface area (Å²) in [5, 5.41) is 9.88. The second-order valence-electron chi connectivity index (χ2n) is 10.3. The van der Waals surface area contributed by atoms with Crippen molar-refractivity contribution in [2.75, 3.05) is 4.31 Å². The normalized spacial score (nSPS) is 20.3. The average molecular weight is 465 g/mol. The molecule has 2 rings (SSSR count). The van der Waals surface area contributed by atoms with Crippen LogP contribution in [-0.2, 0) is 10.2 Å². The molecule has 0 radical (unpaired) electrons. The van der Waals surface area contributed by atoms with Crippen LogP contribution in [0.5, 0.6) is 0 Å². The fourth-order valence-corrected chi connectivity index (χ4v) is 7.43. The lowest BCUT2D eigenvalue weighted by Crippen LogP contribution is -2.66. The molecule has 1 aliphatic carbocycles. The van der Waals surface area contributed by atoms with E-state index in [-0.39, 0.29) is 34.8 Å².